The number of nitrogens with one attached hydrogen (secondary N) is 3. The number of sulfonamides is 1. The number of hydrogen-bond acceptors (Lipinski definition) is 5. The normalized spacial score (nSPS) is 17.3. The first-order valence-electron chi connectivity index (χ1n) is 6.83. The number of H-pyrrole nitrogens is 1. The van der Waals surface area contributed by atoms with E-state index in [4.69, 9.17) is 0 Å². The van der Waals surface area contributed by atoms with E-state index in [1.54, 1.807) is 18.0 Å². The maximum absolute atomic E-state index is 12.4. The Labute approximate surface area is 124 Å². The van der Waals surface area contributed by atoms with Gasteiger partial charge in [-0.15, -0.1) is 0 Å². The van der Waals surface area contributed by atoms with Crippen LogP contribution in [0.3, 0.4) is 0 Å². The van der Waals surface area contributed by atoms with Gasteiger partial charge in [-0.25, -0.2) is 13.1 Å². The standard InChI is InChI=1S/C12H22N4O2S2/c1-3-10(8-19-2)16-20(17,18)12-9(7-14-15-12)6-13-11-4-5-11/h7,10-11,13,16H,3-6,8H2,1-2H3,(H,14,15). The molecule has 0 aromatic carbocycles. The summed E-state index contributed by atoms with van der Waals surface area (Å²) in [5.74, 6) is 0.763. The average molecular weight is 318 g/mol. The van der Waals surface area contributed by atoms with Crippen LogP contribution in [0.25, 0.3) is 0 Å². The fourth-order valence-electron chi connectivity index (χ4n) is 1.91. The van der Waals surface area contributed by atoms with Gasteiger partial charge < -0.3 is 5.32 Å². The lowest BCUT2D eigenvalue weighted by Gasteiger charge is -2.15. The quantitative estimate of drug-likeness (QED) is 0.634. The van der Waals surface area contributed by atoms with Crippen LogP contribution in [-0.4, -0.2) is 42.7 Å². The molecule has 0 saturated heterocycles. The van der Waals surface area contributed by atoms with Crippen molar-refractivity contribution in [3.8, 4) is 0 Å². The van der Waals surface area contributed by atoms with E-state index in [0.29, 0.717) is 18.2 Å². The van der Waals surface area contributed by atoms with E-state index in [1.165, 1.54) is 12.8 Å². The molecule has 1 aromatic rings. The maximum Gasteiger partial charge on any atom is 0.258 e. The molecule has 20 heavy (non-hydrogen) atoms. The molecule has 8 heteroatoms. The van der Waals surface area contributed by atoms with Crippen LogP contribution in [0.4, 0.5) is 0 Å². The third-order valence-electron chi connectivity index (χ3n) is 3.29. The second-order valence-electron chi connectivity index (χ2n) is 5.06. The Kier molecular flexibility index (Phi) is 5.48. The SMILES string of the molecule is CCC(CSC)NS(=O)(=O)c1[nH]ncc1CNC1CC1. The summed E-state index contributed by atoms with van der Waals surface area (Å²) < 4.78 is 27.5. The van der Waals surface area contributed by atoms with Crippen LogP contribution in [0.1, 0.15) is 31.7 Å². The summed E-state index contributed by atoms with van der Waals surface area (Å²) in [6.45, 7) is 2.52. The van der Waals surface area contributed by atoms with Crippen molar-refractivity contribution in [3.63, 3.8) is 0 Å². The molecule has 0 spiro atoms. The molecule has 1 aliphatic carbocycles. The van der Waals surface area contributed by atoms with Crippen molar-refractivity contribution in [1.29, 1.82) is 0 Å². The molecule has 2 rings (SSSR count). The summed E-state index contributed by atoms with van der Waals surface area (Å²) in [4.78, 5) is 0. The molecule has 0 amide bonds. The molecule has 114 valence electrons. The van der Waals surface area contributed by atoms with E-state index < -0.39 is 10.0 Å². The fraction of sp³-hybridized carbons (Fsp3) is 0.750. The summed E-state index contributed by atoms with van der Waals surface area (Å²) in [5.41, 5.74) is 0.698. The van der Waals surface area contributed by atoms with Gasteiger partial charge in [-0.2, -0.15) is 16.9 Å². The predicted molar refractivity (Wildman–Crippen MR) is 81.2 cm³/mol. The van der Waals surface area contributed by atoms with Crippen molar-refractivity contribution in [1.82, 2.24) is 20.2 Å². The molecule has 3 N–H and O–H groups in total. The lowest BCUT2D eigenvalue weighted by molar-refractivity contribution is 0.551. The minimum Gasteiger partial charge on any atom is -0.310 e. The number of nitrogens with zero attached hydrogens (tertiary/aromatic N) is 1. The number of aromatic nitrogens is 2. The van der Waals surface area contributed by atoms with Gasteiger partial charge in [-0.1, -0.05) is 6.92 Å². The van der Waals surface area contributed by atoms with E-state index in [2.05, 4.69) is 20.2 Å². The Balaban J connectivity index is 2.05. The van der Waals surface area contributed by atoms with Crippen LogP contribution in [0.15, 0.2) is 11.2 Å². The van der Waals surface area contributed by atoms with Gasteiger partial charge in [0.1, 0.15) is 0 Å². The van der Waals surface area contributed by atoms with E-state index in [0.717, 1.165) is 12.2 Å². The highest BCUT2D eigenvalue weighted by Gasteiger charge is 2.25. The third kappa shape index (κ3) is 4.21. The Morgan fingerprint density at radius 1 is 1.55 bits per heavy atom. The first-order valence-corrected chi connectivity index (χ1v) is 9.71. The maximum atomic E-state index is 12.4. The zero-order valence-corrected chi connectivity index (χ0v) is 13.5. The molecule has 1 aliphatic rings. The number of aromatic amines is 1. The molecule has 1 saturated carbocycles. The van der Waals surface area contributed by atoms with Crippen molar-refractivity contribution in [2.45, 2.75) is 49.8 Å². The van der Waals surface area contributed by atoms with Gasteiger partial charge in [0.05, 0.1) is 6.20 Å². The molecular weight excluding hydrogens is 296 g/mol. The van der Waals surface area contributed by atoms with Gasteiger partial charge in [0.2, 0.25) is 0 Å². The van der Waals surface area contributed by atoms with E-state index >= 15 is 0 Å². The van der Waals surface area contributed by atoms with Crippen molar-refractivity contribution >= 4 is 21.8 Å². The predicted octanol–water partition coefficient (Wildman–Crippen LogP) is 1.08. The zero-order chi connectivity index (χ0) is 14.6. The summed E-state index contributed by atoms with van der Waals surface area (Å²) in [5, 5.41) is 9.98. The molecule has 0 bridgehead atoms. The monoisotopic (exact) mass is 318 g/mol. The zero-order valence-electron chi connectivity index (χ0n) is 11.8. The van der Waals surface area contributed by atoms with E-state index in [9.17, 15) is 8.42 Å². The van der Waals surface area contributed by atoms with Crippen LogP contribution in [0.2, 0.25) is 0 Å². The third-order valence-corrected chi connectivity index (χ3v) is 5.56. The van der Waals surface area contributed by atoms with Crippen molar-refractivity contribution < 1.29 is 8.42 Å². The first kappa shape index (κ1) is 15.8. The van der Waals surface area contributed by atoms with E-state index in [1.807, 2.05) is 13.2 Å². The molecule has 6 nitrogen and oxygen atoms in total. The van der Waals surface area contributed by atoms with Crippen LogP contribution >= 0.6 is 11.8 Å². The molecule has 1 fully saturated rings. The molecule has 1 unspecified atom stereocenters. The topological polar surface area (TPSA) is 86.9 Å². The van der Waals surface area contributed by atoms with Crippen LogP contribution in [-0.2, 0) is 16.6 Å². The van der Waals surface area contributed by atoms with Crippen LogP contribution < -0.4 is 10.0 Å². The minimum atomic E-state index is -3.53. The second kappa shape index (κ2) is 6.93. The minimum absolute atomic E-state index is 0.0532. The Bertz CT molecular complexity index is 525. The van der Waals surface area contributed by atoms with Crippen LogP contribution in [0, 0.1) is 0 Å². The van der Waals surface area contributed by atoms with Gasteiger partial charge in [0.15, 0.2) is 5.03 Å². The van der Waals surface area contributed by atoms with Crippen LogP contribution in [0.5, 0.6) is 0 Å². The molecule has 1 atom stereocenters. The lowest BCUT2D eigenvalue weighted by atomic mass is 10.3. The molecule has 1 heterocycles. The van der Waals surface area contributed by atoms with Gasteiger partial charge in [-0.05, 0) is 25.5 Å². The van der Waals surface area contributed by atoms with Crippen molar-refractivity contribution in [3.05, 3.63) is 11.8 Å². The summed E-state index contributed by atoms with van der Waals surface area (Å²) >= 11 is 1.63. The Morgan fingerprint density at radius 3 is 2.90 bits per heavy atom. The van der Waals surface area contributed by atoms with E-state index in [-0.39, 0.29) is 11.1 Å². The molecule has 0 radical (unpaired) electrons. The highest BCUT2D eigenvalue weighted by Crippen LogP contribution is 2.20. The fourth-order valence-corrected chi connectivity index (χ4v) is 4.19. The molecular formula is C12H22N4O2S2. The van der Waals surface area contributed by atoms with Crippen molar-refractivity contribution in [2.24, 2.45) is 0 Å². The van der Waals surface area contributed by atoms with Gasteiger partial charge in [0, 0.05) is 29.9 Å². The highest BCUT2D eigenvalue weighted by molar-refractivity contribution is 7.98. The molecule has 1 aromatic heterocycles. The Morgan fingerprint density at radius 2 is 2.30 bits per heavy atom. The lowest BCUT2D eigenvalue weighted by Crippen LogP contribution is -2.37. The highest BCUT2D eigenvalue weighted by atomic mass is 32.2. The Hall–Kier alpha value is -0.570. The van der Waals surface area contributed by atoms with Gasteiger partial charge >= 0.3 is 0 Å². The largest absolute Gasteiger partial charge is 0.310 e. The first-order chi connectivity index (χ1) is 9.56. The smallest absolute Gasteiger partial charge is 0.258 e. The summed E-state index contributed by atoms with van der Waals surface area (Å²) in [6.07, 6.45) is 6.66. The average Bonchev–Trinajstić information content (AvgIpc) is 3.11. The number of hydrogen-bond donors (Lipinski definition) is 3. The van der Waals surface area contributed by atoms with Crippen molar-refractivity contribution in [2.75, 3.05) is 12.0 Å². The molecule has 0 aliphatic heterocycles. The summed E-state index contributed by atoms with van der Waals surface area (Å²) in [7, 11) is -3.53. The second-order valence-corrected chi connectivity index (χ2v) is 7.62. The summed E-state index contributed by atoms with van der Waals surface area (Å²) in [6, 6.07) is 0.482. The number of rotatable bonds is 9. The van der Waals surface area contributed by atoms with Gasteiger partial charge in [0.25, 0.3) is 10.0 Å². The number of thioether (sulfide) groups is 1. The van der Waals surface area contributed by atoms with Gasteiger partial charge in [-0.3, -0.25) is 5.10 Å².